The standard InChI is InChI=1S/C10H10ClN3S/c1-7-13-10(15-14-7)12-6-8-4-2-3-5-9(8)11/h2-5H,6H2,1H3,(H,12,13,14). The Morgan fingerprint density at radius 3 is 2.87 bits per heavy atom. The van der Waals surface area contributed by atoms with Crippen molar-refractivity contribution >= 4 is 28.3 Å². The Hall–Kier alpha value is -1.13. The summed E-state index contributed by atoms with van der Waals surface area (Å²) in [4.78, 5) is 4.21. The molecule has 0 aliphatic heterocycles. The Labute approximate surface area is 97.3 Å². The molecule has 0 saturated heterocycles. The summed E-state index contributed by atoms with van der Waals surface area (Å²) >= 11 is 7.38. The first-order valence-corrected chi connectivity index (χ1v) is 5.68. The van der Waals surface area contributed by atoms with Crippen molar-refractivity contribution in [1.82, 2.24) is 9.36 Å². The lowest BCUT2D eigenvalue weighted by atomic mass is 10.2. The van der Waals surface area contributed by atoms with Gasteiger partial charge in [0, 0.05) is 23.1 Å². The summed E-state index contributed by atoms with van der Waals surface area (Å²) in [6.07, 6.45) is 0. The van der Waals surface area contributed by atoms with E-state index in [1.165, 1.54) is 11.5 Å². The molecular formula is C10H10ClN3S. The van der Waals surface area contributed by atoms with E-state index in [0.717, 1.165) is 21.5 Å². The molecule has 0 fully saturated rings. The average Bonchev–Trinajstić information content (AvgIpc) is 2.63. The van der Waals surface area contributed by atoms with Crippen LogP contribution < -0.4 is 5.32 Å². The molecular weight excluding hydrogens is 230 g/mol. The zero-order valence-corrected chi connectivity index (χ0v) is 9.77. The van der Waals surface area contributed by atoms with E-state index in [1.807, 2.05) is 31.2 Å². The summed E-state index contributed by atoms with van der Waals surface area (Å²) in [7, 11) is 0. The van der Waals surface area contributed by atoms with Gasteiger partial charge < -0.3 is 5.32 Å². The number of benzene rings is 1. The fourth-order valence-electron chi connectivity index (χ4n) is 1.18. The van der Waals surface area contributed by atoms with Crippen LogP contribution >= 0.6 is 23.1 Å². The quantitative estimate of drug-likeness (QED) is 0.895. The van der Waals surface area contributed by atoms with Crippen LogP contribution in [-0.4, -0.2) is 9.36 Å². The maximum Gasteiger partial charge on any atom is 0.202 e. The van der Waals surface area contributed by atoms with Gasteiger partial charge in [0.2, 0.25) is 5.13 Å². The molecule has 78 valence electrons. The molecule has 1 N–H and O–H groups in total. The highest BCUT2D eigenvalue weighted by Crippen LogP contribution is 2.17. The van der Waals surface area contributed by atoms with Crippen molar-refractivity contribution < 1.29 is 0 Å². The lowest BCUT2D eigenvalue weighted by molar-refractivity contribution is 1.10. The first kappa shape index (κ1) is 10.4. The highest BCUT2D eigenvalue weighted by atomic mass is 35.5. The number of anilines is 1. The molecule has 0 radical (unpaired) electrons. The molecule has 0 atom stereocenters. The van der Waals surface area contributed by atoms with Gasteiger partial charge in [-0.05, 0) is 18.6 Å². The Bertz CT molecular complexity index is 455. The molecule has 15 heavy (non-hydrogen) atoms. The number of hydrogen-bond acceptors (Lipinski definition) is 4. The lowest BCUT2D eigenvalue weighted by Crippen LogP contribution is -1.99. The van der Waals surface area contributed by atoms with Gasteiger partial charge in [-0.1, -0.05) is 29.8 Å². The van der Waals surface area contributed by atoms with Crippen LogP contribution in [0, 0.1) is 6.92 Å². The first-order valence-electron chi connectivity index (χ1n) is 4.53. The second kappa shape index (κ2) is 4.59. The van der Waals surface area contributed by atoms with Gasteiger partial charge in [-0.2, -0.15) is 4.37 Å². The van der Waals surface area contributed by atoms with Crippen LogP contribution in [0.1, 0.15) is 11.4 Å². The summed E-state index contributed by atoms with van der Waals surface area (Å²) in [5.41, 5.74) is 1.06. The molecule has 1 heterocycles. The minimum absolute atomic E-state index is 0.675. The van der Waals surface area contributed by atoms with Crippen LogP contribution in [0.2, 0.25) is 5.02 Å². The van der Waals surface area contributed by atoms with Gasteiger partial charge in [-0.15, -0.1) is 0 Å². The number of hydrogen-bond donors (Lipinski definition) is 1. The highest BCUT2D eigenvalue weighted by Gasteiger charge is 2.01. The number of nitrogens with one attached hydrogen (secondary N) is 1. The third-order valence-electron chi connectivity index (χ3n) is 1.92. The van der Waals surface area contributed by atoms with Crippen LogP contribution in [-0.2, 0) is 6.54 Å². The van der Waals surface area contributed by atoms with Gasteiger partial charge in [0.25, 0.3) is 0 Å². The van der Waals surface area contributed by atoms with Crippen LogP contribution in [0.25, 0.3) is 0 Å². The molecule has 1 aromatic heterocycles. The predicted molar refractivity (Wildman–Crippen MR) is 63.4 cm³/mol. The Balaban J connectivity index is 2.02. The maximum absolute atomic E-state index is 6.02. The third kappa shape index (κ3) is 2.67. The lowest BCUT2D eigenvalue weighted by Gasteiger charge is -2.03. The number of halogens is 1. The van der Waals surface area contributed by atoms with Gasteiger partial charge in [-0.3, -0.25) is 0 Å². The second-order valence-electron chi connectivity index (χ2n) is 3.09. The number of aryl methyl sites for hydroxylation is 1. The van der Waals surface area contributed by atoms with Crippen LogP contribution in [0.3, 0.4) is 0 Å². The van der Waals surface area contributed by atoms with Gasteiger partial charge in [-0.25, -0.2) is 4.98 Å². The van der Waals surface area contributed by atoms with E-state index < -0.39 is 0 Å². The largest absolute Gasteiger partial charge is 0.356 e. The van der Waals surface area contributed by atoms with Crippen molar-refractivity contribution in [2.45, 2.75) is 13.5 Å². The summed E-state index contributed by atoms with van der Waals surface area (Å²) in [5, 5.41) is 4.78. The van der Waals surface area contributed by atoms with Crippen molar-refractivity contribution in [3.05, 3.63) is 40.7 Å². The monoisotopic (exact) mass is 239 g/mol. The second-order valence-corrected chi connectivity index (χ2v) is 4.25. The van der Waals surface area contributed by atoms with Crippen LogP contribution in [0.4, 0.5) is 5.13 Å². The van der Waals surface area contributed by atoms with Crippen molar-refractivity contribution in [3.63, 3.8) is 0 Å². The van der Waals surface area contributed by atoms with Crippen molar-refractivity contribution in [2.24, 2.45) is 0 Å². The van der Waals surface area contributed by atoms with E-state index in [1.54, 1.807) is 0 Å². The molecule has 0 amide bonds. The maximum atomic E-state index is 6.02. The predicted octanol–water partition coefficient (Wildman–Crippen LogP) is 3.11. The molecule has 2 aromatic rings. The zero-order valence-electron chi connectivity index (χ0n) is 8.20. The third-order valence-corrected chi connectivity index (χ3v) is 3.05. The number of aromatic nitrogens is 2. The highest BCUT2D eigenvalue weighted by molar-refractivity contribution is 7.09. The Kier molecular flexibility index (Phi) is 3.18. The van der Waals surface area contributed by atoms with E-state index >= 15 is 0 Å². The molecule has 2 rings (SSSR count). The SMILES string of the molecule is Cc1nsc(NCc2ccccc2Cl)n1. The van der Waals surface area contributed by atoms with Crippen LogP contribution in [0.5, 0.6) is 0 Å². The number of rotatable bonds is 3. The van der Waals surface area contributed by atoms with E-state index in [-0.39, 0.29) is 0 Å². The first-order chi connectivity index (χ1) is 7.25. The summed E-state index contributed by atoms with van der Waals surface area (Å²) in [5.74, 6) is 0.793. The van der Waals surface area contributed by atoms with Gasteiger partial charge in [0.15, 0.2) is 0 Å². The minimum atomic E-state index is 0.675. The van der Waals surface area contributed by atoms with Gasteiger partial charge >= 0.3 is 0 Å². The molecule has 0 saturated carbocycles. The Morgan fingerprint density at radius 2 is 2.20 bits per heavy atom. The summed E-state index contributed by atoms with van der Waals surface area (Å²) < 4.78 is 4.09. The topological polar surface area (TPSA) is 37.8 Å². The number of nitrogens with zero attached hydrogens (tertiary/aromatic N) is 2. The average molecular weight is 240 g/mol. The fourth-order valence-corrected chi connectivity index (χ4v) is 1.95. The molecule has 0 bridgehead atoms. The molecule has 0 aliphatic carbocycles. The zero-order chi connectivity index (χ0) is 10.7. The fraction of sp³-hybridized carbons (Fsp3) is 0.200. The van der Waals surface area contributed by atoms with Gasteiger partial charge in [0.05, 0.1) is 0 Å². The molecule has 5 heteroatoms. The molecule has 0 unspecified atom stereocenters. The summed E-state index contributed by atoms with van der Waals surface area (Å²) in [6, 6.07) is 7.75. The van der Waals surface area contributed by atoms with E-state index in [4.69, 9.17) is 11.6 Å². The van der Waals surface area contributed by atoms with Crippen molar-refractivity contribution in [1.29, 1.82) is 0 Å². The Morgan fingerprint density at radius 1 is 1.40 bits per heavy atom. The smallest absolute Gasteiger partial charge is 0.202 e. The molecule has 0 spiro atoms. The normalized spacial score (nSPS) is 10.3. The minimum Gasteiger partial charge on any atom is -0.356 e. The van der Waals surface area contributed by atoms with Gasteiger partial charge in [0.1, 0.15) is 5.82 Å². The van der Waals surface area contributed by atoms with Crippen LogP contribution in [0.15, 0.2) is 24.3 Å². The molecule has 3 nitrogen and oxygen atoms in total. The molecule has 0 aliphatic rings. The van der Waals surface area contributed by atoms with E-state index in [9.17, 15) is 0 Å². The van der Waals surface area contributed by atoms with Crippen molar-refractivity contribution in [2.75, 3.05) is 5.32 Å². The van der Waals surface area contributed by atoms with E-state index in [2.05, 4.69) is 14.7 Å². The summed E-state index contributed by atoms with van der Waals surface area (Å²) in [6.45, 7) is 2.55. The molecule has 1 aromatic carbocycles. The van der Waals surface area contributed by atoms with Crippen molar-refractivity contribution in [3.8, 4) is 0 Å². The van der Waals surface area contributed by atoms with E-state index in [0.29, 0.717) is 6.54 Å².